The largest absolute Gasteiger partial charge is 0.491 e. The van der Waals surface area contributed by atoms with E-state index in [0.29, 0.717) is 0 Å². The van der Waals surface area contributed by atoms with Crippen LogP contribution < -0.4 is 5.46 Å². The van der Waals surface area contributed by atoms with Crippen molar-refractivity contribution in [3.05, 3.63) is 29.6 Å². The van der Waals surface area contributed by atoms with Gasteiger partial charge in [0.2, 0.25) is 0 Å². The molecule has 0 atom stereocenters. The molecule has 0 amide bonds. The summed E-state index contributed by atoms with van der Waals surface area (Å²) in [5.41, 5.74) is -2.12. The van der Waals surface area contributed by atoms with Gasteiger partial charge in [0.15, 0.2) is 0 Å². The Morgan fingerprint density at radius 2 is 1.89 bits per heavy atom. The van der Waals surface area contributed by atoms with E-state index in [1.165, 1.54) is 12.1 Å². The molecule has 102 valence electrons. The molecule has 0 saturated carbocycles. The van der Waals surface area contributed by atoms with E-state index in [9.17, 15) is 14.5 Å². The van der Waals surface area contributed by atoms with Gasteiger partial charge in [0.05, 0.1) is 16.8 Å². The maximum absolute atomic E-state index is 13.4. The highest BCUT2D eigenvalue weighted by Crippen LogP contribution is 2.25. The molecule has 0 fully saturated rings. The van der Waals surface area contributed by atoms with Gasteiger partial charge in [-0.15, -0.1) is 0 Å². The fourth-order valence-electron chi connectivity index (χ4n) is 1.27. The zero-order valence-electron chi connectivity index (χ0n) is 11.4. The Bertz CT molecular complexity index is 506. The average molecular weight is 265 g/mol. The number of hydrogen-bond donors (Lipinski definition) is 2. The molecular weight excluding hydrogens is 248 g/mol. The summed E-state index contributed by atoms with van der Waals surface area (Å²) in [7, 11) is -1.39. The molecule has 1 aromatic rings. The van der Waals surface area contributed by atoms with Gasteiger partial charge < -0.3 is 14.8 Å². The van der Waals surface area contributed by atoms with Crippen molar-refractivity contribution < 1.29 is 19.2 Å². The third-order valence-corrected chi connectivity index (χ3v) is 3.28. The number of rotatable bonds is 4. The van der Waals surface area contributed by atoms with E-state index in [0.717, 1.165) is 6.07 Å². The first kappa shape index (κ1) is 15.6. The standard InChI is InChI=1S/C13H17BFNO3/c1-12(2,17)13(3,4)19-14(18)10-6-5-9(8-16)11(15)7-10/h5-7,17-18H,1-4H3. The number of benzene rings is 1. The molecule has 0 saturated heterocycles. The van der Waals surface area contributed by atoms with Gasteiger partial charge >= 0.3 is 7.12 Å². The maximum Gasteiger partial charge on any atom is 0.491 e. The van der Waals surface area contributed by atoms with Crippen LogP contribution in [0.15, 0.2) is 18.2 Å². The molecule has 0 bridgehead atoms. The second-order valence-corrected chi connectivity index (χ2v) is 5.39. The minimum Gasteiger partial charge on any atom is -0.423 e. The Hall–Kier alpha value is -1.42. The molecule has 0 radical (unpaired) electrons. The minimum absolute atomic E-state index is 0.0994. The van der Waals surface area contributed by atoms with Crippen LogP contribution >= 0.6 is 0 Å². The van der Waals surface area contributed by atoms with E-state index in [4.69, 9.17) is 9.92 Å². The summed E-state index contributed by atoms with van der Waals surface area (Å²) in [6, 6.07) is 5.42. The van der Waals surface area contributed by atoms with Crippen molar-refractivity contribution in [2.24, 2.45) is 0 Å². The van der Waals surface area contributed by atoms with Crippen LogP contribution in [0, 0.1) is 17.1 Å². The molecule has 4 nitrogen and oxygen atoms in total. The van der Waals surface area contributed by atoms with Crippen molar-refractivity contribution in [1.82, 2.24) is 0 Å². The second-order valence-electron chi connectivity index (χ2n) is 5.39. The molecule has 0 aliphatic rings. The summed E-state index contributed by atoms with van der Waals surface area (Å²) in [4.78, 5) is 0. The van der Waals surface area contributed by atoms with Crippen LogP contribution in [0.4, 0.5) is 4.39 Å². The number of nitrogens with zero attached hydrogens (tertiary/aromatic N) is 1. The summed E-state index contributed by atoms with van der Waals surface area (Å²) in [6.07, 6.45) is 0. The maximum atomic E-state index is 13.4. The van der Waals surface area contributed by atoms with Gasteiger partial charge in [-0.3, -0.25) is 0 Å². The van der Waals surface area contributed by atoms with Gasteiger partial charge in [0, 0.05) is 0 Å². The molecular formula is C13H17BFNO3. The summed E-state index contributed by atoms with van der Waals surface area (Å²) < 4.78 is 18.8. The van der Waals surface area contributed by atoms with Crippen LogP contribution in [0.3, 0.4) is 0 Å². The molecule has 19 heavy (non-hydrogen) atoms. The van der Waals surface area contributed by atoms with Crippen molar-refractivity contribution in [3.8, 4) is 6.07 Å². The van der Waals surface area contributed by atoms with Gasteiger partial charge in [-0.25, -0.2) is 4.39 Å². The van der Waals surface area contributed by atoms with Gasteiger partial charge in [-0.05, 0) is 45.3 Å². The quantitative estimate of drug-likeness (QED) is 0.795. The first-order valence-electron chi connectivity index (χ1n) is 5.86. The van der Waals surface area contributed by atoms with E-state index in [2.05, 4.69) is 0 Å². The predicted molar refractivity (Wildman–Crippen MR) is 70.2 cm³/mol. The Morgan fingerprint density at radius 1 is 1.32 bits per heavy atom. The SMILES string of the molecule is CC(C)(O)C(C)(C)OB(O)c1ccc(C#N)c(F)c1. The number of aliphatic hydroxyl groups is 1. The van der Waals surface area contributed by atoms with Crippen molar-refractivity contribution in [2.75, 3.05) is 0 Å². The molecule has 6 heteroatoms. The normalized spacial score (nSPS) is 12.1. The van der Waals surface area contributed by atoms with Crippen LogP contribution in [0.25, 0.3) is 0 Å². The van der Waals surface area contributed by atoms with Crippen molar-refractivity contribution in [1.29, 1.82) is 5.26 Å². The molecule has 1 rings (SSSR count). The lowest BCUT2D eigenvalue weighted by atomic mass is 9.76. The Morgan fingerprint density at radius 3 is 2.32 bits per heavy atom. The van der Waals surface area contributed by atoms with Crippen molar-refractivity contribution in [3.63, 3.8) is 0 Å². The molecule has 0 aliphatic carbocycles. The molecule has 0 aromatic heterocycles. The lowest BCUT2D eigenvalue weighted by Crippen LogP contribution is -2.53. The third-order valence-electron chi connectivity index (χ3n) is 3.28. The highest BCUT2D eigenvalue weighted by Gasteiger charge is 2.39. The summed E-state index contributed by atoms with van der Waals surface area (Å²) in [5, 5.41) is 28.5. The van der Waals surface area contributed by atoms with Crippen molar-refractivity contribution >= 4 is 12.6 Å². The van der Waals surface area contributed by atoms with Crippen LogP contribution in [-0.4, -0.2) is 28.5 Å². The Labute approximate surface area is 112 Å². The van der Waals surface area contributed by atoms with Gasteiger partial charge in [-0.2, -0.15) is 5.26 Å². The predicted octanol–water partition coefficient (Wildman–Crippen LogP) is 0.951. The number of hydrogen-bond acceptors (Lipinski definition) is 4. The first-order chi connectivity index (χ1) is 8.58. The average Bonchev–Trinajstić information content (AvgIpc) is 2.26. The lowest BCUT2D eigenvalue weighted by molar-refractivity contribution is -0.0982. The van der Waals surface area contributed by atoms with Crippen LogP contribution in [0.2, 0.25) is 0 Å². The molecule has 0 aliphatic heterocycles. The molecule has 0 heterocycles. The summed E-state index contributed by atoms with van der Waals surface area (Å²) in [5.74, 6) is -0.719. The first-order valence-corrected chi connectivity index (χ1v) is 5.86. The fourth-order valence-corrected chi connectivity index (χ4v) is 1.27. The second kappa shape index (κ2) is 5.29. The van der Waals surface area contributed by atoms with E-state index in [1.54, 1.807) is 33.8 Å². The fraction of sp³-hybridized carbons (Fsp3) is 0.462. The highest BCUT2D eigenvalue weighted by atomic mass is 19.1. The van der Waals surface area contributed by atoms with E-state index < -0.39 is 24.1 Å². The zero-order valence-corrected chi connectivity index (χ0v) is 11.4. The minimum atomic E-state index is -1.39. The van der Waals surface area contributed by atoms with E-state index >= 15 is 0 Å². The van der Waals surface area contributed by atoms with Gasteiger partial charge in [0.1, 0.15) is 11.9 Å². The van der Waals surface area contributed by atoms with Crippen molar-refractivity contribution in [2.45, 2.75) is 38.9 Å². The Balaban J connectivity index is 2.94. The van der Waals surface area contributed by atoms with Crippen LogP contribution in [0.5, 0.6) is 0 Å². The lowest BCUT2D eigenvalue weighted by Gasteiger charge is -2.38. The molecule has 0 unspecified atom stereocenters. The molecule has 0 spiro atoms. The van der Waals surface area contributed by atoms with Gasteiger partial charge in [0.25, 0.3) is 0 Å². The molecule has 2 N–H and O–H groups in total. The number of halogens is 1. The zero-order chi connectivity index (χ0) is 14.8. The van der Waals surface area contributed by atoms with E-state index in [1.807, 2.05) is 0 Å². The summed E-state index contributed by atoms with van der Waals surface area (Å²) in [6.45, 7) is 6.35. The third kappa shape index (κ3) is 3.54. The van der Waals surface area contributed by atoms with E-state index in [-0.39, 0.29) is 11.0 Å². The molecule has 1 aromatic carbocycles. The Kier molecular flexibility index (Phi) is 4.36. The topological polar surface area (TPSA) is 73.5 Å². The van der Waals surface area contributed by atoms with Crippen LogP contribution in [0.1, 0.15) is 33.3 Å². The monoisotopic (exact) mass is 265 g/mol. The number of nitriles is 1. The highest BCUT2D eigenvalue weighted by molar-refractivity contribution is 6.60. The summed E-state index contributed by atoms with van der Waals surface area (Å²) >= 11 is 0. The van der Waals surface area contributed by atoms with Crippen LogP contribution in [-0.2, 0) is 4.65 Å². The smallest absolute Gasteiger partial charge is 0.423 e. The van der Waals surface area contributed by atoms with Gasteiger partial charge in [-0.1, -0.05) is 6.07 Å².